The molecular formula is C40H42F3N3O2. The molecule has 0 bridgehead atoms. The van der Waals surface area contributed by atoms with Gasteiger partial charge >= 0.3 is 6.18 Å². The molecule has 0 aliphatic rings. The summed E-state index contributed by atoms with van der Waals surface area (Å²) in [5, 5.41) is 0. The van der Waals surface area contributed by atoms with Crippen LogP contribution in [0.5, 0.6) is 5.75 Å². The molecule has 5 rings (SSSR count). The van der Waals surface area contributed by atoms with E-state index in [9.17, 15) is 18.0 Å². The predicted molar refractivity (Wildman–Crippen MR) is 186 cm³/mol. The standard InChI is InChI=1S/C40H42F3N3O2/c1-27-10-14-31(15-11-27)37-38(32-18-20-35(48-3)21-19-32)46(39(45-37)33-23-28(2)24-34(25-33)40(41,42)43)26-29-12-16-30(17-13-29)36(47)9-7-5-4-6-8-22-44/h10-21,23-25H,4-9,22,26,44H2,1-3H3. The first-order valence-corrected chi connectivity index (χ1v) is 16.4. The van der Waals surface area contributed by atoms with Crippen LogP contribution in [0, 0.1) is 13.8 Å². The van der Waals surface area contributed by atoms with E-state index in [2.05, 4.69) is 0 Å². The van der Waals surface area contributed by atoms with E-state index in [1.54, 1.807) is 20.1 Å². The summed E-state index contributed by atoms with van der Waals surface area (Å²) in [5.74, 6) is 1.20. The highest BCUT2D eigenvalue weighted by atomic mass is 19.4. The van der Waals surface area contributed by atoms with Gasteiger partial charge in [0.1, 0.15) is 11.6 Å². The van der Waals surface area contributed by atoms with Crippen LogP contribution in [0.2, 0.25) is 0 Å². The second-order valence-corrected chi connectivity index (χ2v) is 12.3. The summed E-state index contributed by atoms with van der Waals surface area (Å²) in [4.78, 5) is 18.0. The lowest BCUT2D eigenvalue weighted by Crippen LogP contribution is -2.08. The van der Waals surface area contributed by atoms with Crippen molar-refractivity contribution in [2.75, 3.05) is 13.7 Å². The highest BCUT2D eigenvalue weighted by Gasteiger charge is 2.32. The van der Waals surface area contributed by atoms with Crippen molar-refractivity contribution in [3.63, 3.8) is 0 Å². The van der Waals surface area contributed by atoms with Gasteiger partial charge in [-0.3, -0.25) is 4.79 Å². The molecule has 1 aromatic heterocycles. The molecule has 0 saturated heterocycles. The number of Topliss-reactive ketones (excluding diaryl/α,β-unsaturated/α-hetero) is 1. The van der Waals surface area contributed by atoms with Gasteiger partial charge in [-0.05, 0) is 86.8 Å². The number of ether oxygens (including phenoxy) is 1. The molecule has 0 unspecified atom stereocenters. The van der Waals surface area contributed by atoms with Crippen molar-refractivity contribution in [1.29, 1.82) is 0 Å². The number of hydrogen-bond acceptors (Lipinski definition) is 4. The van der Waals surface area contributed by atoms with Gasteiger partial charge in [0.15, 0.2) is 5.78 Å². The normalized spacial score (nSPS) is 11.6. The number of aryl methyl sites for hydroxylation is 2. The fourth-order valence-corrected chi connectivity index (χ4v) is 5.94. The van der Waals surface area contributed by atoms with E-state index in [4.69, 9.17) is 15.5 Å². The van der Waals surface area contributed by atoms with Crippen LogP contribution in [-0.2, 0) is 12.7 Å². The summed E-state index contributed by atoms with van der Waals surface area (Å²) in [6, 6.07) is 27.1. The maximum absolute atomic E-state index is 14.0. The maximum Gasteiger partial charge on any atom is 0.416 e. The number of alkyl halides is 3. The third kappa shape index (κ3) is 8.42. The number of rotatable bonds is 14. The monoisotopic (exact) mass is 653 g/mol. The van der Waals surface area contributed by atoms with Gasteiger partial charge in [0, 0.05) is 35.2 Å². The molecule has 4 aromatic carbocycles. The lowest BCUT2D eigenvalue weighted by molar-refractivity contribution is -0.137. The largest absolute Gasteiger partial charge is 0.497 e. The topological polar surface area (TPSA) is 70.1 Å². The van der Waals surface area contributed by atoms with Crippen LogP contribution < -0.4 is 10.5 Å². The molecule has 5 aromatic rings. The number of nitrogens with zero attached hydrogens (tertiary/aromatic N) is 2. The molecule has 0 spiro atoms. The van der Waals surface area contributed by atoms with Crippen molar-refractivity contribution >= 4 is 5.78 Å². The van der Waals surface area contributed by atoms with Crippen molar-refractivity contribution < 1.29 is 22.7 Å². The number of methoxy groups -OCH3 is 1. The Morgan fingerprint density at radius 3 is 2.06 bits per heavy atom. The van der Waals surface area contributed by atoms with Crippen molar-refractivity contribution in [2.24, 2.45) is 5.73 Å². The van der Waals surface area contributed by atoms with Crippen molar-refractivity contribution in [3.8, 4) is 39.7 Å². The molecule has 0 amide bonds. The lowest BCUT2D eigenvalue weighted by atomic mass is 10.0. The number of benzene rings is 4. The number of hydrogen-bond donors (Lipinski definition) is 1. The summed E-state index contributed by atoms with van der Waals surface area (Å²) < 4.78 is 49.4. The molecule has 1 heterocycles. The average molecular weight is 654 g/mol. The van der Waals surface area contributed by atoms with Gasteiger partial charge < -0.3 is 15.0 Å². The zero-order chi connectivity index (χ0) is 34.3. The van der Waals surface area contributed by atoms with E-state index in [1.807, 2.05) is 84.3 Å². The highest BCUT2D eigenvalue weighted by Crippen LogP contribution is 2.39. The fraction of sp³-hybridized carbons (Fsp3) is 0.300. The number of aromatic nitrogens is 2. The second kappa shape index (κ2) is 15.5. The number of nitrogens with two attached hydrogens (primary N) is 1. The Bertz CT molecular complexity index is 1820. The number of unbranched alkanes of at least 4 members (excludes halogenated alkanes) is 4. The van der Waals surface area contributed by atoms with Crippen molar-refractivity contribution in [3.05, 3.63) is 119 Å². The quantitative estimate of drug-likeness (QED) is 0.0957. The molecule has 0 fully saturated rings. The summed E-state index contributed by atoms with van der Waals surface area (Å²) in [7, 11) is 1.60. The van der Waals surface area contributed by atoms with Crippen LogP contribution in [0.25, 0.3) is 33.9 Å². The first-order chi connectivity index (χ1) is 23.1. The number of halogens is 3. The molecule has 5 nitrogen and oxygen atoms in total. The summed E-state index contributed by atoms with van der Waals surface area (Å²) >= 11 is 0. The highest BCUT2D eigenvalue weighted by molar-refractivity contribution is 5.96. The molecule has 2 N–H and O–H groups in total. The first-order valence-electron chi connectivity index (χ1n) is 16.4. The Hall–Kier alpha value is -4.69. The SMILES string of the molecule is COc1ccc(-c2c(-c3ccc(C)cc3)nc(-c3cc(C)cc(C(F)(F)F)c3)n2Cc2ccc(C(=O)CCCCCCCN)cc2)cc1. The Balaban J connectivity index is 1.59. The van der Waals surface area contributed by atoms with E-state index in [-0.39, 0.29) is 5.78 Å². The molecule has 48 heavy (non-hydrogen) atoms. The average Bonchev–Trinajstić information content (AvgIpc) is 3.45. The molecule has 0 aliphatic carbocycles. The minimum Gasteiger partial charge on any atom is -0.497 e. The number of carbonyl (C=O) groups is 1. The lowest BCUT2D eigenvalue weighted by Gasteiger charge is -2.16. The van der Waals surface area contributed by atoms with Crippen LogP contribution >= 0.6 is 0 Å². The number of ketones is 1. The zero-order valence-corrected chi connectivity index (χ0v) is 27.7. The Labute approximate surface area is 280 Å². The molecular weight excluding hydrogens is 611 g/mol. The van der Waals surface area contributed by atoms with E-state index in [0.29, 0.717) is 53.5 Å². The maximum atomic E-state index is 14.0. The molecule has 0 atom stereocenters. The van der Waals surface area contributed by atoms with Gasteiger partial charge in [0.2, 0.25) is 0 Å². The fourth-order valence-electron chi connectivity index (χ4n) is 5.94. The van der Waals surface area contributed by atoms with E-state index < -0.39 is 11.7 Å². The Morgan fingerprint density at radius 1 is 0.771 bits per heavy atom. The Kier molecular flexibility index (Phi) is 11.2. The minimum atomic E-state index is -4.51. The second-order valence-electron chi connectivity index (χ2n) is 12.3. The summed E-state index contributed by atoms with van der Waals surface area (Å²) in [6.07, 6.45) is 0.984. The van der Waals surface area contributed by atoms with Gasteiger partial charge in [-0.15, -0.1) is 0 Å². The van der Waals surface area contributed by atoms with Gasteiger partial charge in [-0.25, -0.2) is 4.98 Å². The van der Waals surface area contributed by atoms with Gasteiger partial charge in [0.05, 0.1) is 24.1 Å². The molecule has 8 heteroatoms. The molecule has 0 aliphatic heterocycles. The predicted octanol–water partition coefficient (Wildman–Crippen LogP) is 10.1. The summed E-state index contributed by atoms with van der Waals surface area (Å²) in [6.45, 7) is 4.68. The van der Waals surface area contributed by atoms with Crippen molar-refractivity contribution in [2.45, 2.75) is 65.1 Å². The number of carbonyl (C=O) groups excluding carboxylic acids is 1. The van der Waals surface area contributed by atoms with E-state index in [1.165, 1.54) is 6.07 Å². The molecule has 0 saturated carbocycles. The minimum absolute atomic E-state index is 0.101. The van der Waals surface area contributed by atoms with Crippen molar-refractivity contribution in [1.82, 2.24) is 9.55 Å². The first kappa shape index (κ1) is 34.6. The smallest absolute Gasteiger partial charge is 0.416 e. The van der Waals surface area contributed by atoms with E-state index in [0.717, 1.165) is 66.1 Å². The third-order valence-electron chi connectivity index (χ3n) is 8.54. The Morgan fingerprint density at radius 2 is 1.42 bits per heavy atom. The van der Waals surface area contributed by atoms with Crippen LogP contribution in [0.15, 0.2) is 91.0 Å². The van der Waals surface area contributed by atoms with Crippen LogP contribution in [0.3, 0.4) is 0 Å². The van der Waals surface area contributed by atoms with Crippen LogP contribution in [0.4, 0.5) is 13.2 Å². The van der Waals surface area contributed by atoms with E-state index >= 15 is 0 Å². The van der Waals surface area contributed by atoms with Gasteiger partial charge in [-0.1, -0.05) is 73.4 Å². The van der Waals surface area contributed by atoms with Crippen LogP contribution in [0.1, 0.15) is 71.1 Å². The molecule has 0 radical (unpaired) electrons. The third-order valence-corrected chi connectivity index (χ3v) is 8.54. The molecule has 250 valence electrons. The van der Waals surface area contributed by atoms with Gasteiger partial charge in [-0.2, -0.15) is 13.2 Å². The number of imidazole rings is 1. The van der Waals surface area contributed by atoms with Gasteiger partial charge in [0.25, 0.3) is 0 Å². The summed E-state index contributed by atoms with van der Waals surface area (Å²) in [5.41, 5.74) is 11.4. The van der Waals surface area contributed by atoms with Crippen LogP contribution in [-0.4, -0.2) is 29.0 Å². The zero-order valence-electron chi connectivity index (χ0n) is 27.7.